The number of hydrogen-bond acceptors (Lipinski definition) is 6. The number of rotatable bonds is 8. The summed E-state index contributed by atoms with van der Waals surface area (Å²) >= 11 is 0. The Morgan fingerprint density at radius 2 is 1.69 bits per heavy atom. The third-order valence-corrected chi connectivity index (χ3v) is 9.05. The Bertz CT molecular complexity index is 1590. The number of nitrogens with one attached hydrogen (secondary N) is 1. The second-order valence-corrected chi connectivity index (χ2v) is 12.9. The van der Waals surface area contributed by atoms with Gasteiger partial charge in [0, 0.05) is 42.3 Å². The van der Waals surface area contributed by atoms with Crippen LogP contribution in [0.1, 0.15) is 87.3 Å². The molecule has 1 spiro atoms. The van der Waals surface area contributed by atoms with E-state index in [9.17, 15) is 23.9 Å². The fraction of sp³-hybridized carbons (Fsp3) is 0.400. The molecule has 5 rings (SSSR count). The molecule has 0 radical (unpaired) electrons. The number of hydrogen-bond donors (Lipinski definition) is 1. The van der Waals surface area contributed by atoms with E-state index in [4.69, 9.17) is 4.99 Å². The summed E-state index contributed by atoms with van der Waals surface area (Å²) in [5.41, 5.74) is 3.22. The van der Waals surface area contributed by atoms with Gasteiger partial charge in [-0.05, 0) is 84.9 Å². The molecule has 1 atom stereocenters. The zero-order valence-corrected chi connectivity index (χ0v) is 28.6. The zero-order valence-electron chi connectivity index (χ0n) is 26.6. The van der Waals surface area contributed by atoms with Crippen molar-refractivity contribution in [2.75, 3.05) is 6.54 Å². The van der Waals surface area contributed by atoms with E-state index in [1.807, 2.05) is 48.2 Å². The van der Waals surface area contributed by atoms with Crippen molar-refractivity contribution >= 4 is 23.5 Å². The summed E-state index contributed by atoms with van der Waals surface area (Å²) < 4.78 is 13.9. The second kappa shape index (κ2) is 13.9. The fourth-order valence-corrected chi connectivity index (χ4v) is 6.51. The van der Waals surface area contributed by atoms with Crippen molar-refractivity contribution in [2.24, 2.45) is 16.3 Å². The van der Waals surface area contributed by atoms with Crippen LogP contribution in [0.3, 0.4) is 0 Å². The number of aromatic nitrogens is 1. The van der Waals surface area contributed by atoms with Crippen LogP contribution in [0, 0.1) is 17.3 Å². The summed E-state index contributed by atoms with van der Waals surface area (Å²) in [6.07, 6.45) is 4.52. The number of carboxylic acids is 1. The molecular weight excluding hydrogens is 582 g/mol. The van der Waals surface area contributed by atoms with Gasteiger partial charge in [0.1, 0.15) is 11.4 Å². The van der Waals surface area contributed by atoms with Gasteiger partial charge in [0.25, 0.3) is 11.8 Å². The minimum atomic E-state index is -1.23. The Balaban J connectivity index is 0.00000461. The van der Waals surface area contributed by atoms with Crippen LogP contribution >= 0.6 is 0 Å². The molecule has 2 aromatic carbocycles. The van der Waals surface area contributed by atoms with Crippen molar-refractivity contribution in [3.63, 3.8) is 0 Å². The molecule has 10 heteroatoms. The predicted molar refractivity (Wildman–Crippen MR) is 164 cm³/mol. The SMILES string of the molecule is C[C@H](c1ccc(C(=O)NCCC(=O)[O-])cc1)N1C(=O)C(c2cccc(-c3ccnc(F)c3)c2)=NC12CCC(C(C)(C)C)CC2.[Na+]. The second-order valence-electron chi connectivity index (χ2n) is 12.9. The Morgan fingerprint density at radius 3 is 2.31 bits per heavy atom. The van der Waals surface area contributed by atoms with Gasteiger partial charge in [0.05, 0.1) is 6.04 Å². The van der Waals surface area contributed by atoms with Crippen molar-refractivity contribution in [3.05, 3.63) is 89.5 Å². The molecule has 0 bridgehead atoms. The normalized spacial score (nSPS) is 20.4. The third kappa shape index (κ3) is 7.54. The van der Waals surface area contributed by atoms with E-state index in [1.54, 1.807) is 18.2 Å². The van der Waals surface area contributed by atoms with Crippen LogP contribution in [0.5, 0.6) is 0 Å². The van der Waals surface area contributed by atoms with Crippen LogP contribution in [0.4, 0.5) is 4.39 Å². The van der Waals surface area contributed by atoms with Crippen LogP contribution < -0.4 is 40.0 Å². The summed E-state index contributed by atoms with van der Waals surface area (Å²) in [7, 11) is 0. The molecule has 1 fully saturated rings. The third-order valence-electron chi connectivity index (χ3n) is 9.05. The molecule has 1 aromatic heterocycles. The van der Waals surface area contributed by atoms with Crippen LogP contribution in [0.15, 0.2) is 71.9 Å². The number of nitrogens with zero attached hydrogens (tertiary/aromatic N) is 3. The Kier molecular flexibility index (Phi) is 10.7. The predicted octanol–water partition coefficient (Wildman–Crippen LogP) is 2.09. The Hall–Kier alpha value is -3.40. The fourth-order valence-electron chi connectivity index (χ4n) is 6.51. The summed E-state index contributed by atoms with van der Waals surface area (Å²) in [5.74, 6) is -1.82. The average molecular weight is 621 g/mol. The van der Waals surface area contributed by atoms with Gasteiger partial charge in [0.15, 0.2) is 0 Å². The molecule has 2 amide bonds. The molecule has 2 aliphatic rings. The number of amides is 2. The first-order valence-electron chi connectivity index (χ1n) is 15.1. The minimum absolute atomic E-state index is 0. The quantitative estimate of drug-likeness (QED) is 0.306. The molecule has 3 aromatic rings. The zero-order chi connectivity index (χ0) is 31.6. The number of benzene rings is 2. The number of aliphatic imine (C=N–C) groups is 1. The molecule has 1 N–H and O–H groups in total. The van der Waals surface area contributed by atoms with Crippen molar-refractivity contribution in [3.8, 4) is 11.1 Å². The smallest absolute Gasteiger partial charge is 0.550 e. The molecule has 1 aliphatic heterocycles. The molecule has 1 saturated carbocycles. The van der Waals surface area contributed by atoms with Gasteiger partial charge < -0.3 is 20.1 Å². The van der Waals surface area contributed by atoms with Gasteiger partial charge >= 0.3 is 29.6 Å². The van der Waals surface area contributed by atoms with Gasteiger partial charge in [-0.25, -0.2) is 4.98 Å². The van der Waals surface area contributed by atoms with Crippen molar-refractivity contribution < 1.29 is 53.4 Å². The van der Waals surface area contributed by atoms with Gasteiger partial charge in [-0.15, -0.1) is 0 Å². The topological polar surface area (TPSA) is 115 Å². The van der Waals surface area contributed by atoms with E-state index >= 15 is 0 Å². The van der Waals surface area contributed by atoms with Gasteiger partial charge in [-0.3, -0.25) is 14.6 Å². The first-order chi connectivity index (χ1) is 20.9. The number of pyridine rings is 1. The summed E-state index contributed by atoms with van der Waals surface area (Å²) in [6, 6.07) is 17.3. The number of carboxylic acid groups (broad SMARTS) is 1. The molecule has 8 nitrogen and oxygen atoms in total. The van der Waals surface area contributed by atoms with Crippen molar-refractivity contribution in [2.45, 2.75) is 71.5 Å². The first-order valence-corrected chi connectivity index (χ1v) is 15.1. The van der Waals surface area contributed by atoms with Crippen LogP contribution in [-0.4, -0.2) is 45.6 Å². The molecule has 0 saturated heterocycles. The standard InChI is InChI=1S/C35H39FN4O4.Na/c1-22(23-8-10-24(11-9-23)32(43)38-19-15-30(41)42)40-33(44)31(39-35(40)16-12-28(13-17-35)34(2,3)4)27-7-5-6-25(20-27)26-14-18-37-29(36)21-26;/h5-11,14,18,20-22,28H,12-13,15-17,19H2,1-4H3,(H,38,43)(H,41,42);/q;+1/p-1/t22-,28?,35?;/m1./s1. The van der Waals surface area contributed by atoms with Gasteiger partial charge in [-0.2, -0.15) is 4.39 Å². The van der Waals surface area contributed by atoms with Crippen molar-refractivity contribution in [1.29, 1.82) is 0 Å². The molecule has 1 aliphatic carbocycles. The molecule has 2 heterocycles. The maximum atomic E-state index is 14.3. The van der Waals surface area contributed by atoms with Crippen LogP contribution in [-0.2, 0) is 9.59 Å². The van der Waals surface area contributed by atoms with Gasteiger partial charge in [0.2, 0.25) is 5.95 Å². The van der Waals surface area contributed by atoms with Crippen LogP contribution in [0.25, 0.3) is 11.1 Å². The minimum Gasteiger partial charge on any atom is -0.550 e. The van der Waals surface area contributed by atoms with E-state index in [-0.39, 0.29) is 65.8 Å². The molecule has 45 heavy (non-hydrogen) atoms. The molecule has 0 unspecified atom stereocenters. The summed E-state index contributed by atoms with van der Waals surface area (Å²) in [4.78, 5) is 48.3. The van der Waals surface area contributed by atoms with Crippen LogP contribution in [0.2, 0.25) is 0 Å². The number of aliphatic carboxylic acids is 1. The Labute approximate surface area is 285 Å². The van der Waals surface area contributed by atoms with E-state index in [0.717, 1.165) is 36.8 Å². The maximum absolute atomic E-state index is 14.3. The first kappa shape index (κ1) is 34.5. The number of carbonyl (C=O) groups excluding carboxylic acids is 3. The van der Waals surface area contributed by atoms with E-state index in [0.29, 0.717) is 28.3 Å². The maximum Gasteiger partial charge on any atom is 1.00 e. The average Bonchev–Trinajstić information content (AvgIpc) is 3.27. The summed E-state index contributed by atoms with van der Waals surface area (Å²) in [6.45, 7) is 8.74. The largest absolute Gasteiger partial charge is 1.00 e. The monoisotopic (exact) mass is 620 g/mol. The summed E-state index contributed by atoms with van der Waals surface area (Å²) in [5, 5.41) is 13.3. The van der Waals surface area contributed by atoms with E-state index in [1.165, 1.54) is 12.3 Å². The van der Waals surface area contributed by atoms with Gasteiger partial charge in [-0.1, -0.05) is 51.1 Å². The number of halogens is 1. The number of carbonyl (C=O) groups is 3. The van der Waals surface area contributed by atoms with E-state index in [2.05, 4.69) is 31.1 Å². The Morgan fingerprint density at radius 1 is 1.04 bits per heavy atom. The molecule has 230 valence electrons. The van der Waals surface area contributed by atoms with E-state index < -0.39 is 17.6 Å². The van der Waals surface area contributed by atoms with Crippen molar-refractivity contribution in [1.82, 2.24) is 15.2 Å². The molecular formula is C35H38FN4NaO4.